The maximum absolute atomic E-state index is 12.4. The van der Waals surface area contributed by atoms with Crippen LogP contribution in [0, 0.1) is 0 Å². The summed E-state index contributed by atoms with van der Waals surface area (Å²) in [6.45, 7) is 0.148. The number of aromatic amines is 2. The fourth-order valence-electron chi connectivity index (χ4n) is 4.00. The third-order valence-electron chi connectivity index (χ3n) is 5.55. The number of fused-ring (bicyclic) bond motifs is 1. The Morgan fingerprint density at radius 3 is 2.79 bits per heavy atom. The van der Waals surface area contributed by atoms with E-state index in [-0.39, 0.29) is 12.2 Å². The van der Waals surface area contributed by atoms with Gasteiger partial charge in [-0.15, -0.1) is 0 Å². The van der Waals surface area contributed by atoms with Crippen LogP contribution in [0.4, 0.5) is 5.69 Å². The minimum atomic E-state index is -0.300. The van der Waals surface area contributed by atoms with Gasteiger partial charge in [0, 0.05) is 55.4 Å². The lowest BCUT2D eigenvalue weighted by Gasteiger charge is -2.09. The van der Waals surface area contributed by atoms with Gasteiger partial charge in [0.2, 0.25) is 0 Å². The zero-order valence-corrected chi connectivity index (χ0v) is 17.8. The summed E-state index contributed by atoms with van der Waals surface area (Å²) in [5, 5.41) is 9.13. The molecule has 9 heteroatoms. The largest absolute Gasteiger partial charge is 0.398 e. The van der Waals surface area contributed by atoms with Gasteiger partial charge in [0.25, 0.3) is 5.56 Å². The van der Waals surface area contributed by atoms with E-state index in [1.165, 1.54) is 6.20 Å². The van der Waals surface area contributed by atoms with E-state index < -0.39 is 0 Å². The molecule has 0 amide bonds. The maximum atomic E-state index is 12.4. The topological polar surface area (TPSA) is 139 Å². The Balaban J connectivity index is 1.63. The number of hydrogen-bond donors (Lipinski definition) is 4. The minimum absolute atomic E-state index is 0.148. The molecule has 1 aromatic carbocycles. The third kappa shape index (κ3) is 4.13. The van der Waals surface area contributed by atoms with Crippen molar-refractivity contribution < 1.29 is 5.11 Å². The number of nitrogens with two attached hydrogens (primary N) is 1. The van der Waals surface area contributed by atoms with E-state index in [4.69, 9.17) is 15.8 Å². The molecule has 166 valence electrons. The highest BCUT2D eigenvalue weighted by Crippen LogP contribution is 2.28. The molecule has 5 aromatic rings. The van der Waals surface area contributed by atoms with Crippen LogP contribution in [0.5, 0.6) is 0 Å². The van der Waals surface area contributed by atoms with Crippen molar-refractivity contribution in [1.82, 2.24) is 29.5 Å². The molecule has 0 saturated carbocycles. The quantitative estimate of drug-likeness (QED) is 0.306. The van der Waals surface area contributed by atoms with Crippen molar-refractivity contribution in [3.8, 4) is 17.1 Å². The van der Waals surface area contributed by atoms with Gasteiger partial charge < -0.3 is 25.4 Å². The number of nitrogens with one attached hydrogen (secondary N) is 2. The number of benzene rings is 1. The second-order valence-corrected chi connectivity index (χ2v) is 7.90. The molecule has 5 N–H and O–H groups in total. The Morgan fingerprint density at radius 2 is 2.00 bits per heavy atom. The van der Waals surface area contributed by atoms with Crippen LogP contribution in [-0.4, -0.2) is 41.2 Å². The Hall–Kier alpha value is -4.24. The first-order chi connectivity index (χ1) is 16.1. The number of nitrogens with zero attached hydrogens (tertiary/aromatic N) is 4. The van der Waals surface area contributed by atoms with Gasteiger partial charge in [-0.1, -0.05) is 6.07 Å². The first kappa shape index (κ1) is 20.7. The van der Waals surface area contributed by atoms with Gasteiger partial charge in [-0.3, -0.25) is 9.78 Å². The van der Waals surface area contributed by atoms with Gasteiger partial charge in [-0.2, -0.15) is 0 Å². The van der Waals surface area contributed by atoms with Crippen molar-refractivity contribution in [3.63, 3.8) is 0 Å². The molecule has 4 heterocycles. The first-order valence-corrected chi connectivity index (χ1v) is 10.6. The van der Waals surface area contributed by atoms with E-state index >= 15 is 0 Å². The molecule has 0 aliphatic rings. The van der Waals surface area contributed by atoms with Gasteiger partial charge in [0.15, 0.2) is 0 Å². The number of aliphatic hydroxyl groups excluding tert-OH is 1. The lowest BCUT2D eigenvalue weighted by molar-refractivity contribution is 0.288. The van der Waals surface area contributed by atoms with Crippen LogP contribution in [0.3, 0.4) is 0 Å². The molecule has 0 aliphatic heterocycles. The monoisotopic (exact) mass is 441 g/mol. The van der Waals surface area contributed by atoms with Gasteiger partial charge in [0.1, 0.15) is 11.4 Å². The van der Waals surface area contributed by atoms with Crippen molar-refractivity contribution in [1.29, 1.82) is 0 Å². The van der Waals surface area contributed by atoms with Crippen LogP contribution in [0.25, 0.3) is 28.1 Å². The fraction of sp³-hybridized carbons (Fsp3) is 0.167. The van der Waals surface area contributed by atoms with E-state index in [1.54, 1.807) is 18.6 Å². The lowest BCUT2D eigenvalue weighted by Crippen LogP contribution is -2.11. The number of nitrogen functional groups attached to an aromatic ring is 1. The van der Waals surface area contributed by atoms with Crippen molar-refractivity contribution in [2.24, 2.45) is 0 Å². The molecule has 0 radical (unpaired) electrons. The Labute approximate surface area is 189 Å². The summed E-state index contributed by atoms with van der Waals surface area (Å²) >= 11 is 0. The van der Waals surface area contributed by atoms with Crippen LogP contribution >= 0.6 is 0 Å². The summed E-state index contributed by atoms with van der Waals surface area (Å²) in [6, 6.07) is 7.78. The smallest absolute Gasteiger partial charge is 0.261 e. The number of hydrogen-bond acceptors (Lipinski definition) is 6. The highest BCUT2D eigenvalue weighted by atomic mass is 16.2. The normalized spacial score (nSPS) is 11.3. The molecule has 0 saturated heterocycles. The highest BCUT2D eigenvalue weighted by Gasteiger charge is 2.16. The summed E-state index contributed by atoms with van der Waals surface area (Å²) in [7, 11) is 0. The molecule has 0 aliphatic carbocycles. The van der Waals surface area contributed by atoms with Gasteiger partial charge in [-0.05, 0) is 47.7 Å². The lowest BCUT2D eigenvalue weighted by atomic mass is 10.0. The molecule has 9 nitrogen and oxygen atoms in total. The molecule has 33 heavy (non-hydrogen) atoms. The van der Waals surface area contributed by atoms with Crippen LogP contribution in [0.2, 0.25) is 0 Å². The summed E-state index contributed by atoms with van der Waals surface area (Å²) in [6.07, 6.45) is 12.6. The van der Waals surface area contributed by atoms with Crippen LogP contribution < -0.4 is 11.3 Å². The number of aliphatic hydroxyl groups is 1. The predicted octanol–water partition coefficient (Wildman–Crippen LogP) is 2.60. The van der Waals surface area contributed by atoms with Crippen molar-refractivity contribution in [2.75, 3.05) is 12.3 Å². The highest BCUT2D eigenvalue weighted by molar-refractivity contribution is 5.86. The van der Waals surface area contributed by atoms with Gasteiger partial charge in [-0.25, -0.2) is 9.97 Å². The number of rotatable bonds is 7. The summed E-state index contributed by atoms with van der Waals surface area (Å²) in [4.78, 5) is 31.7. The molecular weight excluding hydrogens is 418 g/mol. The predicted molar refractivity (Wildman–Crippen MR) is 126 cm³/mol. The molecule has 0 atom stereocenters. The zero-order valence-electron chi connectivity index (χ0n) is 17.8. The third-order valence-corrected chi connectivity index (χ3v) is 5.55. The summed E-state index contributed by atoms with van der Waals surface area (Å²) in [5.41, 5.74) is 12.0. The van der Waals surface area contributed by atoms with E-state index in [0.717, 1.165) is 39.8 Å². The van der Waals surface area contributed by atoms with E-state index in [2.05, 4.69) is 32.1 Å². The molecule has 5 rings (SSSR count). The summed E-state index contributed by atoms with van der Waals surface area (Å²) < 4.78 is 1.92. The molecular formula is C24H23N7O2. The van der Waals surface area contributed by atoms with Crippen LogP contribution in [0.15, 0.2) is 66.4 Å². The van der Waals surface area contributed by atoms with Crippen molar-refractivity contribution >= 4 is 16.7 Å². The standard InChI is InChI=1S/C24H23N7O2/c25-19-3-4-28-24(33)21(19)23-29-20-11-18(31-6-5-26-14-31)10-17(22(20)30-23)9-16-8-15(2-1-7-32)12-27-13-16/h3-6,8,10-14,32H,1-2,7,9H2,(H,29,30)(H3,25,28,33). The molecule has 4 aromatic heterocycles. The second kappa shape index (κ2) is 8.71. The van der Waals surface area contributed by atoms with Crippen LogP contribution in [0.1, 0.15) is 23.1 Å². The molecule has 0 spiro atoms. The SMILES string of the molecule is Nc1cc[nH]c(=O)c1-c1nc2c(Cc3cncc(CCCO)c3)cc(-n3ccnc3)cc2[nH]1. The minimum Gasteiger partial charge on any atom is -0.398 e. The average molecular weight is 441 g/mol. The van der Waals surface area contributed by atoms with Crippen molar-refractivity contribution in [3.05, 3.63) is 88.6 Å². The Bertz CT molecular complexity index is 1470. The number of aryl methyl sites for hydroxylation is 1. The van der Waals surface area contributed by atoms with E-state index in [0.29, 0.717) is 29.9 Å². The summed E-state index contributed by atoms with van der Waals surface area (Å²) in [5.74, 6) is 0.420. The zero-order chi connectivity index (χ0) is 22.8. The number of aromatic nitrogens is 6. The number of pyridine rings is 2. The van der Waals surface area contributed by atoms with Crippen LogP contribution in [-0.2, 0) is 12.8 Å². The number of H-pyrrole nitrogens is 2. The molecule has 0 fully saturated rings. The number of anilines is 1. The van der Waals surface area contributed by atoms with E-state index in [1.807, 2.05) is 29.2 Å². The number of imidazole rings is 2. The second-order valence-electron chi connectivity index (χ2n) is 7.90. The van der Waals surface area contributed by atoms with Gasteiger partial charge in [0.05, 0.1) is 17.4 Å². The molecule has 0 unspecified atom stereocenters. The molecule has 0 bridgehead atoms. The maximum Gasteiger partial charge on any atom is 0.261 e. The first-order valence-electron chi connectivity index (χ1n) is 10.6. The Morgan fingerprint density at radius 1 is 1.12 bits per heavy atom. The van der Waals surface area contributed by atoms with Crippen molar-refractivity contribution in [2.45, 2.75) is 19.3 Å². The average Bonchev–Trinajstić information content (AvgIpc) is 3.48. The van der Waals surface area contributed by atoms with Gasteiger partial charge >= 0.3 is 0 Å². The Kier molecular flexibility index (Phi) is 5.45. The fourth-order valence-corrected chi connectivity index (χ4v) is 4.00. The van der Waals surface area contributed by atoms with E-state index in [9.17, 15) is 4.79 Å².